The Balaban J connectivity index is 2.23. The van der Waals surface area contributed by atoms with Crippen LogP contribution in [0.2, 0.25) is 0 Å². The Labute approximate surface area is 109 Å². The summed E-state index contributed by atoms with van der Waals surface area (Å²) in [6.07, 6.45) is 3.31. The third kappa shape index (κ3) is 2.92. The van der Waals surface area contributed by atoms with Crippen LogP contribution in [0.3, 0.4) is 0 Å². The Morgan fingerprint density at radius 2 is 2.11 bits per heavy atom. The number of hydrogen-bond donors (Lipinski definition) is 1. The average molecular weight is 257 g/mol. The third-order valence-corrected chi connectivity index (χ3v) is 2.40. The second-order valence-corrected chi connectivity index (χ2v) is 3.59. The first kappa shape index (κ1) is 12.7. The number of benzene rings is 1. The summed E-state index contributed by atoms with van der Waals surface area (Å²) < 4.78 is 5.04. The molecule has 1 N–H and O–H groups in total. The summed E-state index contributed by atoms with van der Waals surface area (Å²) in [4.78, 5) is 30.5. The molecule has 2 rings (SSSR count). The molecule has 1 heterocycles. The normalized spacial score (nSPS) is 9.74. The first-order chi connectivity index (χ1) is 9.24. The zero-order valence-corrected chi connectivity index (χ0v) is 10.2. The lowest BCUT2D eigenvalue weighted by molar-refractivity contribution is 0.102. The van der Waals surface area contributed by atoms with Crippen molar-refractivity contribution in [3.8, 4) is 5.75 Å². The summed E-state index contributed by atoms with van der Waals surface area (Å²) in [5.41, 5.74) is 0.487. The Kier molecular flexibility index (Phi) is 3.82. The Bertz CT molecular complexity index is 614. The van der Waals surface area contributed by atoms with E-state index in [-0.39, 0.29) is 17.4 Å². The number of hydrogen-bond acceptors (Lipinski definition) is 5. The van der Waals surface area contributed by atoms with Crippen molar-refractivity contribution in [2.24, 2.45) is 0 Å². The molecule has 6 nitrogen and oxygen atoms in total. The van der Waals surface area contributed by atoms with E-state index in [0.717, 1.165) is 0 Å². The van der Waals surface area contributed by atoms with Crippen molar-refractivity contribution in [3.63, 3.8) is 0 Å². The fourth-order valence-corrected chi connectivity index (χ4v) is 1.48. The molecular formula is C13H11N3O3. The topological polar surface area (TPSA) is 81.2 Å². The van der Waals surface area contributed by atoms with Crippen LogP contribution in [0.15, 0.2) is 36.7 Å². The van der Waals surface area contributed by atoms with Gasteiger partial charge in [0.2, 0.25) is 0 Å². The summed E-state index contributed by atoms with van der Waals surface area (Å²) in [6.45, 7) is 0. The molecule has 0 fully saturated rings. The third-order valence-electron chi connectivity index (χ3n) is 2.40. The number of aldehydes is 1. The molecule has 1 amide bonds. The van der Waals surface area contributed by atoms with E-state index in [2.05, 4.69) is 15.3 Å². The zero-order chi connectivity index (χ0) is 13.7. The fourth-order valence-electron chi connectivity index (χ4n) is 1.48. The molecule has 19 heavy (non-hydrogen) atoms. The molecule has 0 saturated heterocycles. The van der Waals surface area contributed by atoms with Gasteiger partial charge in [0.05, 0.1) is 7.11 Å². The number of nitrogens with zero attached hydrogens (tertiary/aromatic N) is 2. The molecule has 1 aromatic carbocycles. The molecule has 0 aliphatic carbocycles. The number of ether oxygens (including phenoxy) is 1. The molecule has 6 heteroatoms. The molecule has 0 aliphatic rings. The second kappa shape index (κ2) is 5.72. The average Bonchev–Trinajstić information content (AvgIpc) is 2.47. The van der Waals surface area contributed by atoms with Crippen molar-refractivity contribution < 1.29 is 14.3 Å². The maximum Gasteiger partial charge on any atom is 0.257 e. The van der Waals surface area contributed by atoms with Gasteiger partial charge in [-0.25, -0.2) is 9.97 Å². The first-order valence-corrected chi connectivity index (χ1v) is 5.46. The molecule has 2 aromatic rings. The number of carbonyl (C=O) groups is 2. The van der Waals surface area contributed by atoms with Gasteiger partial charge in [-0.1, -0.05) is 6.07 Å². The van der Waals surface area contributed by atoms with E-state index in [1.54, 1.807) is 24.3 Å². The van der Waals surface area contributed by atoms with E-state index in [1.807, 2.05) is 0 Å². The van der Waals surface area contributed by atoms with E-state index in [9.17, 15) is 9.59 Å². The molecule has 96 valence electrons. The first-order valence-electron chi connectivity index (χ1n) is 5.46. The summed E-state index contributed by atoms with van der Waals surface area (Å²) in [5.74, 6) is 0.315. The number of anilines is 1. The van der Waals surface area contributed by atoms with Crippen molar-refractivity contribution in [1.82, 2.24) is 9.97 Å². The maximum atomic E-state index is 12.0. The Morgan fingerprint density at radius 1 is 1.32 bits per heavy atom. The summed E-state index contributed by atoms with van der Waals surface area (Å²) in [7, 11) is 1.52. The van der Waals surface area contributed by atoms with Crippen LogP contribution in [-0.2, 0) is 0 Å². The van der Waals surface area contributed by atoms with E-state index in [4.69, 9.17) is 4.74 Å². The second-order valence-electron chi connectivity index (χ2n) is 3.59. The molecule has 0 atom stereocenters. The van der Waals surface area contributed by atoms with Gasteiger partial charge in [-0.2, -0.15) is 0 Å². The van der Waals surface area contributed by atoms with Gasteiger partial charge >= 0.3 is 0 Å². The quantitative estimate of drug-likeness (QED) is 0.840. The van der Waals surface area contributed by atoms with Gasteiger partial charge in [-0.15, -0.1) is 0 Å². The lowest BCUT2D eigenvalue weighted by Gasteiger charge is -2.06. The number of rotatable bonds is 4. The van der Waals surface area contributed by atoms with Crippen LogP contribution in [0, 0.1) is 0 Å². The molecule has 0 bridgehead atoms. The van der Waals surface area contributed by atoms with Crippen molar-refractivity contribution in [1.29, 1.82) is 0 Å². The standard InChI is InChI=1S/C13H11N3O3/c1-19-10-4-2-3-9(7-10)13(18)16-12-11(8-17)14-5-6-15-12/h2-8H,1H3,(H,15,16,18). The molecule has 0 spiro atoms. The van der Waals surface area contributed by atoms with Crippen molar-refractivity contribution in [2.75, 3.05) is 12.4 Å². The van der Waals surface area contributed by atoms with Crippen molar-refractivity contribution in [2.45, 2.75) is 0 Å². The summed E-state index contributed by atoms with van der Waals surface area (Å²) in [5, 5.41) is 2.53. The van der Waals surface area contributed by atoms with Crippen LogP contribution < -0.4 is 10.1 Å². The van der Waals surface area contributed by atoms with Crippen LogP contribution in [0.5, 0.6) is 5.75 Å². The summed E-state index contributed by atoms with van der Waals surface area (Å²) in [6, 6.07) is 6.65. The number of methoxy groups -OCH3 is 1. The van der Waals surface area contributed by atoms with Crippen LogP contribution in [0.4, 0.5) is 5.82 Å². The highest BCUT2D eigenvalue weighted by Crippen LogP contribution is 2.14. The highest BCUT2D eigenvalue weighted by molar-refractivity contribution is 6.05. The minimum absolute atomic E-state index is 0.0822. The van der Waals surface area contributed by atoms with Crippen LogP contribution in [0.1, 0.15) is 20.8 Å². The lowest BCUT2D eigenvalue weighted by atomic mass is 10.2. The van der Waals surface area contributed by atoms with E-state index >= 15 is 0 Å². The highest BCUT2D eigenvalue weighted by atomic mass is 16.5. The monoisotopic (exact) mass is 257 g/mol. The van der Waals surface area contributed by atoms with Gasteiger partial charge in [0.15, 0.2) is 12.1 Å². The molecule has 0 radical (unpaired) electrons. The smallest absolute Gasteiger partial charge is 0.257 e. The SMILES string of the molecule is COc1cccc(C(=O)Nc2nccnc2C=O)c1. The number of amides is 1. The minimum Gasteiger partial charge on any atom is -0.497 e. The predicted octanol–water partition coefficient (Wildman–Crippen LogP) is 1.55. The van der Waals surface area contributed by atoms with Crippen molar-refractivity contribution in [3.05, 3.63) is 47.9 Å². The number of carbonyl (C=O) groups excluding carboxylic acids is 2. The van der Waals surface area contributed by atoms with Gasteiger partial charge < -0.3 is 10.1 Å². The van der Waals surface area contributed by atoms with E-state index in [1.165, 1.54) is 19.5 Å². The van der Waals surface area contributed by atoms with E-state index < -0.39 is 0 Å². The van der Waals surface area contributed by atoms with Gasteiger partial charge in [0, 0.05) is 18.0 Å². The number of nitrogens with one attached hydrogen (secondary N) is 1. The van der Waals surface area contributed by atoms with E-state index in [0.29, 0.717) is 17.6 Å². The maximum absolute atomic E-state index is 12.0. The minimum atomic E-state index is -0.387. The number of aromatic nitrogens is 2. The van der Waals surface area contributed by atoms with Crippen LogP contribution in [0.25, 0.3) is 0 Å². The Morgan fingerprint density at radius 3 is 2.84 bits per heavy atom. The highest BCUT2D eigenvalue weighted by Gasteiger charge is 2.11. The zero-order valence-electron chi connectivity index (χ0n) is 10.2. The summed E-state index contributed by atoms with van der Waals surface area (Å²) >= 11 is 0. The molecular weight excluding hydrogens is 246 g/mol. The van der Waals surface area contributed by atoms with Gasteiger partial charge in [-0.05, 0) is 18.2 Å². The van der Waals surface area contributed by atoms with Crippen LogP contribution in [-0.4, -0.2) is 29.3 Å². The predicted molar refractivity (Wildman–Crippen MR) is 68.4 cm³/mol. The molecule has 0 saturated carbocycles. The molecule has 1 aromatic heterocycles. The molecule has 0 aliphatic heterocycles. The van der Waals surface area contributed by atoms with Crippen molar-refractivity contribution >= 4 is 18.0 Å². The van der Waals surface area contributed by atoms with Gasteiger partial charge in [-0.3, -0.25) is 9.59 Å². The Hall–Kier alpha value is -2.76. The largest absolute Gasteiger partial charge is 0.497 e. The van der Waals surface area contributed by atoms with Gasteiger partial charge in [0.25, 0.3) is 5.91 Å². The molecule has 0 unspecified atom stereocenters. The van der Waals surface area contributed by atoms with Crippen LogP contribution >= 0.6 is 0 Å². The lowest BCUT2D eigenvalue weighted by Crippen LogP contribution is -2.15. The fraction of sp³-hybridized carbons (Fsp3) is 0.0769. The van der Waals surface area contributed by atoms with Gasteiger partial charge in [0.1, 0.15) is 11.4 Å².